The van der Waals surface area contributed by atoms with Gasteiger partial charge < -0.3 is 10.6 Å². The van der Waals surface area contributed by atoms with E-state index >= 15 is 0 Å². The van der Waals surface area contributed by atoms with Gasteiger partial charge in [-0.2, -0.15) is 0 Å². The molecule has 0 radical (unpaired) electrons. The van der Waals surface area contributed by atoms with Gasteiger partial charge in [0, 0.05) is 23.6 Å². The number of nitrogens with two attached hydrogens (primary N) is 1. The molecule has 4 nitrogen and oxygen atoms in total. The predicted molar refractivity (Wildman–Crippen MR) is 87.0 cm³/mol. The maximum atomic E-state index is 11.6. The van der Waals surface area contributed by atoms with E-state index in [1.165, 1.54) is 5.56 Å². The smallest absolute Gasteiger partial charge is 0.152 e. The van der Waals surface area contributed by atoms with E-state index < -0.39 is 9.84 Å². The monoisotopic (exact) mass is 360 g/mol. The summed E-state index contributed by atoms with van der Waals surface area (Å²) in [7, 11) is -0.904. The molecule has 0 aliphatic carbocycles. The Morgan fingerprint density at radius 1 is 1.50 bits per heavy atom. The van der Waals surface area contributed by atoms with Gasteiger partial charge in [-0.15, -0.1) is 0 Å². The summed E-state index contributed by atoms with van der Waals surface area (Å²) in [5.41, 5.74) is 8.02. The van der Waals surface area contributed by atoms with Gasteiger partial charge in [0.05, 0.1) is 17.2 Å². The molecule has 112 valence electrons. The fraction of sp³-hybridized carbons (Fsp3) is 0.571. The topological polar surface area (TPSA) is 63.4 Å². The van der Waals surface area contributed by atoms with Crippen LogP contribution in [-0.4, -0.2) is 39.1 Å². The minimum absolute atomic E-state index is 0.0654. The van der Waals surface area contributed by atoms with E-state index in [4.69, 9.17) is 5.73 Å². The normalized spacial score (nSPS) is 22.7. The van der Waals surface area contributed by atoms with Crippen molar-refractivity contribution in [1.82, 2.24) is 0 Å². The predicted octanol–water partition coefficient (Wildman–Crippen LogP) is 1.96. The zero-order valence-corrected chi connectivity index (χ0v) is 14.2. The van der Waals surface area contributed by atoms with Crippen LogP contribution < -0.4 is 10.6 Å². The summed E-state index contributed by atoms with van der Waals surface area (Å²) in [6.45, 7) is 1.98. The maximum absolute atomic E-state index is 11.6. The van der Waals surface area contributed by atoms with E-state index in [1.54, 1.807) is 0 Å². The number of hydrogen-bond donors (Lipinski definition) is 1. The lowest BCUT2D eigenvalue weighted by molar-refractivity contribution is 0.601. The van der Waals surface area contributed by atoms with Crippen molar-refractivity contribution in [3.63, 3.8) is 0 Å². The Morgan fingerprint density at radius 2 is 2.20 bits per heavy atom. The number of anilines is 1. The van der Waals surface area contributed by atoms with Gasteiger partial charge in [-0.25, -0.2) is 8.42 Å². The van der Waals surface area contributed by atoms with E-state index in [9.17, 15) is 8.42 Å². The van der Waals surface area contributed by atoms with Crippen LogP contribution in [0.4, 0.5) is 5.69 Å². The minimum Gasteiger partial charge on any atom is -0.370 e. The quantitative estimate of drug-likeness (QED) is 0.891. The van der Waals surface area contributed by atoms with Crippen LogP contribution in [0.25, 0.3) is 0 Å². The summed E-state index contributed by atoms with van der Waals surface area (Å²) in [4.78, 5) is 2.06. The molecule has 2 N–H and O–H groups in total. The Morgan fingerprint density at radius 3 is 2.70 bits per heavy atom. The first kappa shape index (κ1) is 15.8. The highest BCUT2D eigenvalue weighted by Gasteiger charge is 2.31. The van der Waals surface area contributed by atoms with Crippen molar-refractivity contribution in [2.75, 3.05) is 23.5 Å². The van der Waals surface area contributed by atoms with Crippen LogP contribution in [0.5, 0.6) is 0 Å². The van der Waals surface area contributed by atoms with Gasteiger partial charge in [-0.3, -0.25) is 0 Å². The third kappa shape index (κ3) is 3.74. The Hall–Kier alpha value is -0.590. The molecule has 1 heterocycles. The van der Waals surface area contributed by atoms with Gasteiger partial charge in [0.2, 0.25) is 0 Å². The van der Waals surface area contributed by atoms with Crippen LogP contribution in [0.2, 0.25) is 0 Å². The third-order valence-corrected chi connectivity index (χ3v) is 6.09. The second-order valence-corrected chi connectivity index (χ2v) is 8.72. The zero-order valence-electron chi connectivity index (χ0n) is 11.8. The van der Waals surface area contributed by atoms with Gasteiger partial charge >= 0.3 is 0 Å². The summed E-state index contributed by atoms with van der Waals surface area (Å²) in [6, 6.07) is 6.36. The van der Waals surface area contributed by atoms with Gasteiger partial charge in [0.15, 0.2) is 9.84 Å². The molecule has 0 aromatic heterocycles. The molecule has 6 heteroatoms. The molecule has 1 fully saturated rings. The fourth-order valence-corrected chi connectivity index (χ4v) is 5.09. The van der Waals surface area contributed by atoms with E-state index in [2.05, 4.69) is 33.0 Å². The van der Waals surface area contributed by atoms with E-state index in [1.807, 2.05) is 20.0 Å². The standard InChI is InChI=1S/C14H21BrN2O2S/c1-10(16)7-11-3-4-14(13(15)8-11)17(2)12-5-6-20(18,19)9-12/h3-4,8,10,12H,5-7,9,16H2,1-2H3. The Bertz CT molecular complexity index is 587. The maximum Gasteiger partial charge on any atom is 0.152 e. The number of benzene rings is 1. The summed E-state index contributed by atoms with van der Waals surface area (Å²) in [5, 5.41) is 0. The molecule has 1 aromatic carbocycles. The molecule has 1 aliphatic rings. The highest BCUT2D eigenvalue weighted by Crippen LogP contribution is 2.30. The third-order valence-electron chi connectivity index (χ3n) is 3.71. The average Bonchev–Trinajstić information content (AvgIpc) is 2.68. The molecule has 0 bridgehead atoms. The lowest BCUT2D eigenvalue weighted by Crippen LogP contribution is -2.32. The molecule has 2 atom stereocenters. The Balaban J connectivity index is 2.16. The van der Waals surface area contributed by atoms with Crippen molar-refractivity contribution in [3.8, 4) is 0 Å². The number of nitrogens with zero attached hydrogens (tertiary/aromatic N) is 1. The average molecular weight is 361 g/mol. The first-order valence-electron chi connectivity index (χ1n) is 6.76. The lowest BCUT2D eigenvalue weighted by Gasteiger charge is -2.27. The molecular weight excluding hydrogens is 340 g/mol. The van der Waals surface area contributed by atoms with Crippen molar-refractivity contribution in [2.24, 2.45) is 5.73 Å². The molecular formula is C14H21BrN2O2S. The lowest BCUT2D eigenvalue weighted by atomic mass is 10.1. The highest BCUT2D eigenvalue weighted by molar-refractivity contribution is 9.10. The first-order chi connectivity index (χ1) is 9.28. The largest absolute Gasteiger partial charge is 0.370 e. The summed E-state index contributed by atoms with van der Waals surface area (Å²) < 4.78 is 24.2. The fourth-order valence-electron chi connectivity index (χ4n) is 2.61. The number of sulfone groups is 1. The number of hydrogen-bond acceptors (Lipinski definition) is 4. The van der Waals surface area contributed by atoms with Gasteiger partial charge in [-0.1, -0.05) is 6.07 Å². The van der Waals surface area contributed by atoms with Crippen LogP contribution in [-0.2, 0) is 16.3 Å². The minimum atomic E-state index is -2.86. The van der Waals surface area contributed by atoms with Gasteiger partial charge in [0.25, 0.3) is 0 Å². The van der Waals surface area contributed by atoms with Crippen LogP contribution >= 0.6 is 15.9 Å². The molecule has 0 spiro atoms. The second-order valence-electron chi connectivity index (χ2n) is 5.63. The molecule has 1 saturated heterocycles. The van der Waals surface area contributed by atoms with Gasteiger partial charge in [0.1, 0.15) is 0 Å². The second kappa shape index (κ2) is 6.03. The summed E-state index contributed by atoms with van der Waals surface area (Å²) >= 11 is 3.58. The van der Waals surface area contributed by atoms with Crippen molar-refractivity contribution < 1.29 is 8.42 Å². The molecule has 2 unspecified atom stereocenters. The van der Waals surface area contributed by atoms with Crippen molar-refractivity contribution >= 4 is 31.5 Å². The van der Waals surface area contributed by atoms with Crippen LogP contribution in [0.1, 0.15) is 18.9 Å². The van der Waals surface area contributed by atoms with Crippen LogP contribution in [0.15, 0.2) is 22.7 Å². The van der Waals surface area contributed by atoms with Crippen molar-refractivity contribution in [3.05, 3.63) is 28.2 Å². The number of rotatable bonds is 4. The SMILES string of the molecule is CC(N)Cc1ccc(N(C)C2CCS(=O)(=O)C2)c(Br)c1. The van der Waals surface area contributed by atoms with E-state index in [0.717, 1.165) is 16.6 Å². The van der Waals surface area contributed by atoms with Crippen molar-refractivity contribution in [2.45, 2.75) is 31.8 Å². The highest BCUT2D eigenvalue weighted by atomic mass is 79.9. The first-order valence-corrected chi connectivity index (χ1v) is 9.37. The van der Waals surface area contributed by atoms with Crippen molar-refractivity contribution in [1.29, 1.82) is 0 Å². The van der Waals surface area contributed by atoms with Crippen LogP contribution in [0, 0.1) is 0 Å². The summed E-state index contributed by atoms with van der Waals surface area (Å²) in [6.07, 6.45) is 1.53. The zero-order chi connectivity index (χ0) is 14.9. The molecule has 20 heavy (non-hydrogen) atoms. The van der Waals surface area contributed by atoms with Gasteiger partial charge in [-0.05, 0) is 53.4 Å². The Kier molecular flexibility index (Phi) is 4.76. The number of halogens is 1. The van der Waals surface area contributed by atoms with E-state index in [0.29, 0.717) is 12.2 Å². The molecule has 0 amide bonds. The molecule has 0 saturated carbocycles. The summed E-state index contributed by atoms with van der Waals surface area (Å²) in [5.74, 6) is 0.542. The molecule has 2 rings (SSSR count). The molecule has 1 aliphatic heterocycles. The van der Waals surface area contributed by atoms with E-state index in [-0.39, 0.29) is 17.8 Å². The van der Waals surface area contributed by atoms with Crippen LogP contribution in [0.3, 0.4) is 0 Å². The Labute approximate surface area is 129 Å². The molecule has 1 aromatic rings.